The quantitative estimate of drug-likeness (QED) is 0.509. The Kier molecular flexibility index (Phi) is 3.10. The van der Waals surface area contributed by atoms with Crippen LogP contribution in [0.3, 0.4) is 0 Å². The van der Waals surface area contributed by atoms with E-state index in [0.29, 0.717) is 17.8 Å². The van der Waals surface area contributed by atoms with Crippen molar-refractivity contribution in [3.8, 4) is 0 Å². The van der Waals surface area contributed by atoms with Crippen LogP contribution in [-0.2, 0) is 0 Å². The van der Waals surface area contributed by atoms with Gasteiger partial charge >= 0.3 is 0 Å². The number of anilines is 3. The number of benzene rings is 1. The smallest absolute Gasteiger partial charge is 0.180 e. The minimum absolute atomic E-state index is 0.0693. The van der Waals surface area contributed by atoms with E-state index in [1.807, 2.05) is 0 Å². The molecule has 108 valence electrons. The van der Waals surface area contributed by atoms with E-state index in [1.165, 1.54) is 6.20 Å². The monoisotopic (exact) mass is 294 g/mol. The fourth-order valence-corrected chi connectivity index (χ4v) is 1.87. The molecule has 21 heavy (non-hydrogen) atoms. The molecule has 0 aliphatic heterocycles. The topological polar surface area (TPSA) is 80.3 Å². The lowest BCUT2D eigenvalue weighted by Crippen LogP contribution is -2.11. The van der Waals surface area contributed by atoms with Gasteiger partial charge in [0.2, 0.25) is 0 Å². The second kappa shape index (κ2) is 4.94. The SMILES string of the molecule is NNc1cn2ccnc2c(Nc2c(F)cc(F)cc2F)n1. The fraction of sp³-hybridized carbons (Fsp3) is 0. The molecule has 3 rings (SSSR count). The molecule has 0 saturated heterocycles. The van der Waals surface area contributed by atoms with Crippen LogP contribution in [0.4, 0.5) is 30.5 Å². The maximum absolute atomic E-state index is 13.7. The molecule has 0 spiro atoms. The largest absolute Gasteiger partial charge is 0.332 e. The van der Waals surface area contributed by atoms with Gasteiger partial charge in [-0.3, -0.25) is 0 Å². The molecule has 0 bridgehead atoms. The zero-order chi connectivity index (χ0) is 15.0. The summed E-state index contributed by atoms with van der Waals surface area (Å²) in [5.41, 5.74) is 2.13. The number of nitrogens with zero attached hydrogens (tertiary/aromatic N) is 3. The minimum atomic E-state index is -1.08. The van der Waals surface area contributed by atoms with Crippen molar-refractivity contribution < 1.29 is 13.2 Å². The van der Waals surface area contributed by atoms with Gasteiger partial charge < -0.3 is 15.1 Å². The first-order valence-electron chi connectivity index (χ1n) is 5.80. The summed E-state index contributed by atoms with van der Waals surface area (Å²) in [6, 6.07) is 1.14. The standard InChI is InChI=1S/C12H9F3N6/c13-6-3-7(14)10(8(15)4-6)19-11-12-17-1-2-21(12)5-9(18-11)20-16/h1-5,20H,16H2,(H,18,19). The lowest BCUT2D eigenvalue weighted by atomic mass is 10.2. The van der Waals surface area contributed by atoms with Gasteiger partial charge in [-0.1, -0.05) is 0 Å². The summed E-state index contributed by atoms with van der Waals surface area (Å²) in [6.45, 7) is 0. The number of nitrogens with two attached hydrogens (primary N) is 1. The number of aromatic nitrogens is 3. The highest BCUT2D eigenvalue weighted by Gasteiger charge is 2.15. The summed E-state index contributed by atoms with van der Waals surface area (Å²) in [6.07, 6.45) is 4.64. The molecule has 0 saturated carbocycles. The average Bonchev–Trinajstić information content (AvgIpc) is 2.90. The Morgan fingerprint density at radius 1 is 1.14 bits per heavy atom. The first kappa shape index (κ1) is 13.2. The van der Waals surface area contributed by atoms with Crippen LogP contribution in [0.25, 0.3) is 5.65 Å². The van der Waals surface area contributed by atoms with Crippen molar-refractivity contribution >= 4 is 23.0 Å². The Morgan fingerprint density at radius 3 is 2.52 bits per heavy atom. The lowest BCUT2D eigenvalue weighted by molar-refractivity contribution is 0.549. The van der Waals surface area contributed by atoms with Crippen LogP contribution in [0.5, 0.6) is 0 Å². The van der Waals surface area contributed by atoms with Crippen molar-refractivity contribution in [2.45, 2.75) is 0 Å². The van der Waals surface area contributed by atoms with Crippen LogP contribution < -0.4 is 16.6 Å². The first-order valence-corrected chi connectivity index (χ1v) is 5.80. The summed E-state index contributed by atoms with van der Waals surface area (Å²) in [7, 11) is 0. The number of halogens is 3. The van der Waals surface area contributed by atoms with Gasteiger partial charge in [0.05, 0.1) is 6.20 Å². The van der Waals surface area contributed by atoms with Crippen LogP contribution in [-0.4, -0.2) is 14.4 Å². The highest BCUT2D eigenvalue weighted by molar-refractivity contribution is 5.72. The normalized spacial score (nSPS) is 10.9. The molecular weight excluding hydrogens is 285 g/mol. The van der Waals surface area contributed by atoms with Crippen molar-refractivity contribution in [2.24, 2.45) is 5.84 Å². The number of hydrogen-bond donors (Lipinski definition) is 3. The van der Waals surface area contributed by atoms with E-state index in [1.54, 1.807) is 16.8 Å². The van der Waals surface area contributed by atoms with Crippen LogP contribution in [0.2, 0.25) is 0 Å². The highest BCUT2D eigenvalue weighted by atomic mass is 19.1. The molecule has 0 fully saturated rings. The average molecular weight is 294 g/mol. The summed E-state index contributed by atoms with van der Waals surface area (Å²) < 4.78 is 41.8. The molecule has 2 aromatic heterocycles. The molecule has 4 N–H and O–H groups in total. The number of hydrazine groups is 1. The number of nitrogen functional groups attached to an aromatic ring is 1. The van der Waals surface area contributed by atoms with Crippen molar-refractivity contribution in [3.63, 3.8) is 0 Å². The molecule has 0 radical (unpaired) electrons. The van der Waals surface area contributed by atoms with E-state index in [4.69, 9.17) is 5.84 Å². The number of rotatable bonds is 3. The molecule has 0 atom stereocenters. The summed E-state index contributed by atoms with van der Waals surface area (Å²) in [5.74, 6) is 2.44. The van der Waals surface area contributed by atoms with Gasteiger partial charge in [-0.15, -0.1) is 0 Å². The van der Waals surface area contributed by atoms with Gasteiger partial charge in [-0.2, -0.15) is 0 Å². The van der Waals surface area contributed by atoms with Crippen LogP contribution in [0.15, 0.2) is 30.7 Å². The van der Waals surface area contributed by atoms with Gasteiger partial charge in [0.15, 0.2) is 28.9 Å². The molecule has 0 aliphatic carbocycles. The molecule has 0 unspecified atom stereocenters. The predicted octanol–water partition coefficient (Wildman–Crippen LogP) is 2.18. The van der Waals surface area contributed by atoms with Crippen molar-refractivity contribution in [2.75, 3.05) is 10.7 Å². The van der Waals surface area contributed by atoms with Gasteiger partial charge in [-0.05, 0) is 0 Å². The van der Waals surface area contributed by atoms with E-state index in [-0.39, 0.29) is 11.6 Å². The van der Waals surface area contributed by atoms with Gasteiger partial charge in [0, 0.05) is 24.5 Å². The highest BCUT2D eigenvalue weighted by Crippen LogP contribution is 2.26. The number of imidazole rings is 1. The summed E-state index contributed by atoms with van der Waals surface area (Å²) in [4.78, 5) is 8.05. The van der Waals surface area contributed by atoms with Crippen molar-refractivity contribution in [1.82, 2.24) is 14.4 Å². The zero-order valence-corrected chi connectivity index (χ0v) is 10.4. The van der Waals surface area contributed by atoms with Crippen LogP contribution in [0.1, 0.15) is 0 Å². The van der Waals surface area contributed by atoms with Crippen LogP contribution >= 0.6 is 0 Å². The lowest BCUT2D eigenvalue weighted by Gasteiger charge is -2.10. The predicted molar refractivity (Wildman–Crippen MR) is 70.4 cm³/mol. The van der Waals surface area contributed by atoms with E-state index in [0.717, 1.165) is 0 Å². The third kappa shape index (κ3) is 2.34. The molecule has 6 nitrogen and oxygen atoms in total. The summed E-state index contributed by atoms with van der Waals surface area (Å²) >= 11 is 0. The molecule has 0 amide bonds. The molecule has 0 aliphatic rings. The maximum Gasteiger partial charge on any atom is 0.180 e. The molecule has 1 aromatic carbocycles. The minimum Gasteiger partial charge on any atom is -0.332 e. The third-order valence-electron chi connectivity index (χ3n) is 2.77. The second-order valence-corrected chi connectivity index (χ2v) is 4.15. The molecule has 2 heterocycles. The number of hydrogen-bond acceptors (Lipinski definition) is 5. The fourth-order valence-electron chi connectivity index (χ4n) is 1.87. The summed E-state index contributed by atoms with van der Waals surface area (Å²) in [5, 5.41) is 2.46. The zero-order valence-electron chi connectivity index (χ0n) is 10.4. The molecular formula is C12H9F3N6. The van der Waals surface area contributed by atoms with E-state index >= 15 is 0 Å². The Labute approximate surface area is 116 Å². The van der Waals surface area contributed by atoms with Crippen molar-refractivity contribution in [3.05, 3.63) is 48.2 Å². The van der Waals surface area contributed by atoms with Crippen LogP contribution in [0, 0.1) is 17.5 Å². The van der Waals surface area contributed by atoms with Gasteiger partial charge in [0.1, 0.15) is 11.5 Å². The first-order chi connectivity index (χ1) is 10.1. The van der Waals surface area contributed by atoms with E-state index in [2.05, 4.69) is 20.7 Å². The number of fused-ring (bicyclic) bond motifs is 1. The van der Waals surface area contributed by atoms with E-state index in [9.17, 15) is 13.2 Å². The molecule has 3 aromatic rings. The Balaban J connectivity index is 2.11. The van der Waals surface area contributed by atoms with Gasteiger partial charge in [0.25, 0.3) is 0 Å². The Morgan fingerprint density at radius 2 is 1.86 bits per heavy atom. The van der Waals surface area contributed by atoms with E-state index < -0.39 is 23.1 Å². The third-order valence-corrected chi connectivity index (χ3v) is 2.77. The van der Waals surface area contributed by atoms with Gasteiger partial charge in [-0.25, -0.2) is 29.0 Å². The number of nitrogens with one attached hydrogen (secondary N) is 2. The maximum atomic E-state index is 13.7. The van der Waals surface area contributed by atoms with Crippen molar-refractivity contribution in [1.29, 1.82) is 0 Å². The Hall–Kier alpha value is -2.81. The Bertz CT molecular complexity index is 793. The second-order valence-electron chi connectivity index (χ2n) is 4.15. The molecule has 9 heteroatoms.